The Morgan fingerprint density at radius 2 is 2.33 bits per heavy atom. The van der Waals surface area contributed by atoms with Crippen molar-refractivity contribution in [3.05, 3.63) is 28.3 Å². The number of quaternary nitrogens is 1. The Balaban J connectivity index is 2.90. The van der Waals surface area contributed by atoms with Gasteiger partial charge in [0.25, 0.3) is 5.88 Å². The van der Waals surface area contributed by atoms with Crippen molar-refractivity contribution in [3.8, 4) is 6.07 Å². The molecule has 0 saturated heterocycles. The molecule has 0 spiro atoms. The van der Waals surface area contributed by atoms with Crippen molar-refractivity contribution in [2.45, 2.75) is 26.7 Å². The molecule has 0 aromatic heterocycles. The molecule has 1 atom stereocenters. The highest BCUT2D eigenvalue weighted by Crippen LogP contribution is 2.26. The predicted octanol–water partition coefficient (Wildman–Crippen LogP) is 2.35. The summed E-state index contributed by atoms with van der Waals surface area (Å²) in [7, 11) is 0. The summed E-state index contributed by atoms with van der Waals surface area (Å²) in [6.07, 6.45) is 3.06. The van der Waals surface area contributed by atoms with Crippen LogP contribution in [0.5, 0.6) is 0 Å². The Kier molecular flexibility index (Phi) is 3.51. The molecule has 1 rings (SSSR count). The van der Waals surface area contributed by atoms with Crippen LogP contribution in [0.4, 0.5) is 0 Å². The number of aliphatic hydroxyl groups is 1. The number of hydroxylamine groups is 3. The van der Waals surface area contributed by atoms with E-state index in [1.807, 2.05) is 13.0 Å². The molecule has 0 radical (unpaired) electrons. The van der Waals surface area contributed by atoms with Crippen LogP contribution in [0, 0.1) is 16.5 Å². The number of aliphatic hydroxyl groups excluding tert-OH is 1. The van der Waals surface area contributed by atoms with Gasteiger partial charge in [0.15, 0.2) is 0 Å². The van der Waals surface area contributed by atoms with Gasteiger partial charge in [0.1, 0.15) is 12.6 Å². The van der Waals surface area contributed by atoms with Gasteiger partial charge in [-0.25, -0.2) is 0 Å². The highest BCUT2D eigenvalue weighted by atomic mass is 16.6. The van der Waals surface area contributed by atoms with E-state index in [4.69, 9.17) is 5.26 Å². The maximum absolute atomic E-state index is 12.2. The second-order valence-electron chi connectivity index (χ2n) is 3.90. The van der Waals surface area contributed by atoms with E-state index >= 15 is 0 Å². The SMILES string of the molecule is CCCC[N+]1([O-])CC(C#N)=C(C)C=C1O. The lowest BCUT2D eigenvalue weighted by molar-refractivity contribution is -0.854. The molecular formula is C11H16N2O2. The molecule has 82 valence electrons. The molecule has 15 heavy (non-hydrogen) atoms. The molecule has 0 bridgehead atoms. The van der Waals surface area contributed by atoms with E-state index in [9.17, 15) is 10.3 Å². The van der Waals surface area contributed by atoms with Crippen LogP contribution in [0.25, 0.3) is 0 Å². The first-order valence-corrected chi connectivity index (χ1v) is 5.12. The summed E-state index contributed by atoms with van der Waals surface area (Å²) >= 11 is 0. The van der Waals surface area contributed by atoms with Crippen LogP contribution in [-0.4, -0.2) is 22.8 Å². The van der Waals surface area contributed by atoms with Crippen LogP contribution in [0.3, 0.4) is 0 Å². The maximum atomic E-state index is 12.2. The van der Waals surface area contributed by atoms with E-state index in [2.05, 4.69) is 0 Å². The first kappa shape index (κ1) is 11.8. The van der Waals surface area contributed by atoms with Crippen LogP contribution in [0.15, 0.2) is 23.1 Å². The van der Waals surface area contributed by atoms with Crippen molar-refractivity contribution in [2.75, 3.05) is 13.1 Å². The second kappa shape index (κ2) is 4.47. The number of nitriles is 1. The fraction of sp³-hybridized carbons (Fsp3) is 0.545. The summed E-state index contributed by atoms with van der Waals surface area (Å²) in [6.45, 7) is 4.11. The molecule has 0 saturated carbocycles. The highest BCUT2D eigenvalue weighted by Gasteiger charge is 2.28. The Hall–Kier alpha value is -1.31. The average Bonchev–Trinajstić information content (AvgIpc) is 2.21. The van der Waals surface area contributed by atoms with E-state index in [1.54, 1.807) is 6.92 Å². The molecule has 0 aromatic carbocycles. The van der Waals surface area contributed by atoms with Crippen molar-refractivity contribution in [1.29, 1.82) is 5.26 Å². The molecule has 4 heteroatoms. The predicted molar refractivity (Wildman–Crippen MR) is 57.3 cm³/mol. The number of unbranched alkanes of at least 4 members (excludes halogenated alkanes) is 1. The lowest BCUT2D eigenvalue weighted by atomic mass is 10.1. The van der Waals surface area contributed by atoms with E-state index < -0.39 is 4.65 Å². The van der Waals surface area contributed by atoms with Gasteiger partial charge in [-0.05, 0) is 18.9 Å². The maximum Gasteiger partial charge on any atom is 0.289 e. The van der Waals surface area contributed by atoms with Crippen LogP contribution in [-0.2, 0) is 0 Å². The summed E-state index contributed by atoms with van der Waals surface area (Å²) in [5.41, 5.74) is 1.16. The topological polar surface area (TPSA) is 67.1 Å². The van der Waals surface area contributed by atoms with Crippen molar-refractivity contribution in [3.63, 3.8) is 0 Å². The van der Waals surface area contributed by atoms with Crippen molar-refractivity contribution in [1.82, 2.24) is 0 Å². The number of rotatable bonds is 3. The van der Waals surface area contributed by atoms with Gasteiger partial charge >= 0.3 is 0 Å². The quantitative estimate of drug-likeness (QED) is 0.571. The molecule has 0 aromatic rings. The zero-order chi connectivity index (χ0) is 11.5. The first-order valence-electron chi connectivity index (χ1n) is 5.12. The highest BCUT2D eigenvalue weighted by molar-refractivity contribution is 5.36. The summed E-state index contributed by atoms with van der Waals surface area (Å²) in [6, 6.07) is 2.01. The molecule has 0 fully saturated rings. The van der Waals surface area contributed by atoms with Gasteiger partial charge in [-0.3, -0.25) is 4.65 Å². The van der Waals surface area contributed by atoms with Gasteiger partial charge < -0.3 is 10.3 Å². The normalized spacial score (nSPS) is 26.1. The van der Waals surface area contributed by atoms with Gasteiger partial charge in [0, 0.05) is 6.08 Å². The van der Waals surface area contributed by atoms with E-state index in [1.165, 1.54) is 6.08 Å². The van der Waals surface area contributed by atoms with E-state index in [-0.39, 0.29) is 12.4 Å². The van der Waals surface area contributed by atoms with Crippen molar-refractivity contribution in [2.24, 2.45) is 0 Å². The summed E-state index contributed by atoms with van der Waals surface area (Å²) in [5.74, 6) is -0.181. The zero-order valence-corrected chi connectivity index (χ0v) is 9.16. The van der Waals surface area contributed by atoms with Gasteiger partial charge in [-0.15, -0.1) is 0 Å². The molecule has 1 unspecified atom stereocenters. The molecular weight excluding hydrogens is 192 g/mol. The summed E-state index contributed by atoms with van der Waals surface area (Å²) < 4.78 is -0.784. The zero-order valence-electron chi connectivity index (χ0n) is 9.16. The van der Waals surface area contributed by atoms with Crippen LogP contribution in [0.2, 0.25) is 0 Å². The Bertz CT molecular complexity index is 352. The first-order chi connectivity index (χ1) is 7.03. The largest absolute Gasteiger partial charge is 0.625 e. The molecule has 4 nitrogen and oxygen atoms in total. The standard InChI is InChI=1S/C11H16N2O2/c1-3-4-5-13(15)8-10(7-12)9(2)6-11(13)14/h6,14H,3-5,8H2,1-2H3. The molecule has 0 aliphatic carbocycles. The lowest BCUT2D eigenvalue weighted by Gasteiger charge is -2.42. The molecule has 1 aliphatic heterocycles. The summed E-state index contributed by atoms with van der Waals surface area (Å²) in [5, 5.41) is 30.6. The Labute approximate surface area is 89.9 Å². The fourth-order valence-corrected chi connectivity index (χ4v) is 1.59. The van der Waals surface area contributed by atoms with E-state index in [0.29, 0.717) is 17.7 Å². The minimum absolute atomic E-state index is 0.0602. The smallest absolute Gasteiger partial charge is 0.289 e. The number of nitrogens with zero attached hydrogens (tertiary/aromatic N) is 2. The third kappa shape index (κ3) is 2.38. The van der Waals surface area contributed by atoms with Crippen LogP contribution >= 0.6 is 0 Å². The Morgan fingerprint density at radius 1 is 1.67 bits per heavy atom. The average molecular weight is 208 g/mol. The third-order valence-electron chi connectivity index (χ3n) is 2.66. The number of allylic oxidation sites excluding steroid dienone is 2. The van der Waals surface area contributed by atoms with Crippen LogP contribution < -0.4 is 0 Å². The molecule has 0 amide bonds. The van der Waals surface area contributed by atoms with Gasteiger partial charge in [-0.2, -0.15) is 5.26 Å². The fourth-order valence-electron chi connectivity index (χ4n) is 1.59. The third-order valence-corrected chi connectivity index (χ3v) is 2.66. The second-order valence-corrected chi connectivity index (χ2v) is 3.90. The number of hydrogen-bond acceptors (Lipinski definition) is 3. The molecule has 1 aliphatic rings. The minimum Gasteiger partial charge on any atom is -0.625 e. The Morgan fingerprint density at radius 3 is 2.87 bits per heavy atom. The molecule has 1 heterocycles. The summed E-state index contributed by atoms with van der Waals surface area (Å²) in [4.78, 5) is 0. The van der Waals surface area contributed by atoms with Crippen LogP contribution in [0.1, 0.15) is 26.7 Å². The minimum atomic E-state index is -0.784. The van der Waals surface area contributed by atoms with E-state index in [0.717, 1.165) is 12.8 Å². The molecule has 1 N–H and O–H groups in total. The number of hydrogen-bond donors (Lipinski definition) is 1. The van der Waals surface area contributed by atoms with Gasteiger partial charge in [-0.1, -0.05) is 13.3 Å². The lowest BCUT2D eigenvalue weighted by Crippen LogP contribution is -2.45. The van der Waals surface area contributed by atoms with Gasteiger partial charge in [0.05, 0.1) is 12.1 Å². The van der Waals surface area contributed by atoms with Gasteiger partial charge in [0.2, 0.25) is 0 Å². The monoisotopic (exact) mass is 208 g/mol. The van der Waals surface area contributed by atoms with Crippen molar-refractivity contribution < 1.29 is 9.75 Å². The van der Waals surface area contributed by atoms with Crippen molar-refractivity contribution >= 4 is 0 Å².